The van der Waals surface area contributed by atoms with Gasteiger partial charge in [0.2, 0.25) is 0 Å². The molecule has 0 fully saturated rings. The van der Waals surface area contributed by atoms with Crippen LogP contribution in [0.3, 0.4) is 0 Å². The molecule has 1 rings (SSSR count). The van der Waals surface area contributed by atoms with E-state index in [4.69, 9.17) is 10.8 Å². The minimum atomic E-state index is -0.809. The third-order valence-electron chi connectivity index (χ3n) is 2.17. The summed E-state index contributed by atoms with van der Waals surface area (Å²) in [6, 6.07) is 4.84. The highest BCUT2D eigenvalue weighted by Gasteiger charge is 2.26. The van der Waals surface area contributed by atoms with Crippen LogP contribution in [-0.2, 0) is 5.54 Å². The molecule has 0 bridgehead atoms. The Morgan fingerprint density at radius 3 is 2.71 bits per heavy atom. The lowest BCUT2D eigenvalue weighted by atomic mass is 9.90. The molecule has 4 heteroatoms. The maximum absolute atomic E-state index is 13.5. The van der Waals surface area contributed by atoms with E-state index in [1.165, 1.54) is 6.07 Å². The number of aliphatic hydroxyl groups excluding tert-OH is 1. The average Bonchev–Trinajstić information content (AvgIpc) is 2.02. The van der Waals surface area contributed by atoms with E-state index in [0.717, 1.165) is 3.57 Å². The van der Waals surface area contributed by atoms with Gasteiger partial charge in [0.15, 0.2) is 0 Å². The molecule has 14 heavy (non-hydrogen) atoms. The van der Waals surface area contributed by atoms with E-state index < -0.39 is 5.54 Å². The second-order valence-corrected chi connectivity index (χ2v) is 4.65. The maximum atomic E-state index is 13.5. The van der Waals surface area contributed by atoms with Crippen LogP contribution in [0.2, 0.25) is 0 Å². The number of hydrogen-bond donors (Lipinski definition) is 2. The molecule has 0 saturated carbocycles. The number of aliphatic hydroxyl groups is 1. The molecule has 0 aliphatic carbocycles. The fraction of sp³-hybridized carbons (Fsp3) is 0.400. The van der Waals surface area contributed by atoms with Crippen LogP contribution in [0.1, 0.15) is 18.9 Å². The number of benzene rings is 1. The molecule has 0 amide bonds. The van der Waals surface area contributed by atoms with Crippen molar-refractivity contribution < 1.29 is 9.50 Å². The van der Waals surface area contributed by atoms with E-state index in [2.05, 4.69) is 0 Å². The van der Waals surface area contributed by atoms with E-state index in [1.807, 2.05) is 28.7 Å². The molecule has 1 aromatic carbocycles. The van der Waals surface area contributed by atoms with Gasteiger partial charge in [-0.15, -0.1) is 0 Å². The molecule has 0 spiro atoms. The molecular weight excluding hydrogens is 296 g/mol. The monoisotopic (exact) mass is 309 g/mol. The lowest BCUT2D eigenvalue weighted by Gasteiger charge is -2.25. The standard InChI is InChI=1S/C10H13FINO/c1-10(13,5-6-14)9-7(11)3-2-4-8(9)12/h2-4,14H,5-6,13H2,1H3. The Kier molecular flexibility index (Phi) is 3.86. The van der Waals surface area contributed by atoms with Gasteiger partial charge in [-0.1, -0.05) is 6.07 Å². The van der Waals surface area contributed by atoms with Gasteiger partial charge in [-0.3, -0.25) is 0 Å². The van der Waals surface area contributed by atoms with Crippen molar-refractivity contribution >= 4 is 22.6 Å². The second kappa shape index (κ2) is 4.55. The minimum absolute atomic E-state index is 0.0442. The van der Waals surface area contributed by atoms with E-state index in [1.54, 1.807) is 13.0 Å². The van der Waals surface area contributed by atoms with Crippen LogP contribution in [0.5, 0.6) is 0 Å². The first-order chi connectivity index (χ1) is 6.49. The molecule has 2 nitrogen and oxygen atoms in total. The number of rotatable bonds is 3. The van der Waals surface area contributed by atoms with Crippen LogP contribution in [-0.4, -0.2) is 11.7 Å². The fourth-order valence-corrected chi connectivity index (χ4v) is 2.48. The zero-order valence-electron chi connectivity index (χ0n) is 7.93. The van der Waals surface area contributed by atoms with Crippen LogP contribution in [0.4, 0.5) is 4.39 Å². The molecular formula is C10H13FINO. The SMILES string of the molecule is CC(N)(CCO)c1c(F)cccc1I. The van der Waals surface area contributed by atoms with Crippen molar-refractivity contribution in [1.29, 1.82) is 0 Å². The zero-order chi connectivity index (χ0) is 10.8. The zero-order valence-corrected chi connectivity index (χ0v) is 10.1. The summed E-state index contributed by atoms with van der Waals surface area (Å²) in [5, 5.41) is 8.84. The molecule has 3 N–H and O–H groups in total. The maximum Gasteiger partial charge on any atom is 0.129 e. The molecule has 0 aromatic heterocycles. The van der Waals surface area contributed by atoms with Gasteiger partial charge in [-0.2, -0.15) is 0 Å². The molecule has 0 radical (unpaired) electrons. The molecule has 1 unspecified atom stereocenters. The topological polar surface area (TPSA) is 46.2 Å². The molecule has 0 aliphatic heterocycles. The van der Waals surface area contributed by atoms with Crippen LogP contribution in [0.25, 0.3) is 0 Å². The second-order valence-electron chi connectivity index (χ2n) is 3.49. The lowest BCUT2D eigenvalue weighted by Crippen LogP contribution is -2.36. The summed E-state index contributed by atoms with van der Waals surface area (Å²) < 4.78 is 14.3. The van der Waals surface area contributed by atoms with Crippen LogP contribution in [0.15, 0.2) is 18.2 Å². The molecule has 0 aliphatic rings. The smallest absolute Gasteiger partial charge is 0.129 e. The van der Waals surface area contributed by atoms with E-state index >= 15 is 0 Å². The minimum Gasteiger partial charge on any atom is -0.396 e. The largest absolute Gasteiger partial charge is 0.396 e. The number of nitrogens with two attached hydrogens (primary N) is 1. The van der Waals surface area contributed by atoms with Gasteiger partial charge in [-0.05, 0) is 48.1 Å². The first kappa shape index (κ1) is 11.9. The first-order valence-electron chi connectivity index (χ1n) is 4.33. The Hall–Kier alpha value is -0.200. The van der Waals surface area contributed by atoms with E-state index in [9.17, 15) is 4.39 Å². The predicted octanol–water partition coefficient (Wildman–Crippen LogP) is 1.99. The highest BCUT2D eigenvalue weighted by atomic mass is 127. The van der Waals surface area contributed by atoms with Crippen LogP contribution < -0.4 is 5.73 Å². The Bertz CT molecular complexity index is 308. The number of hydrogen-bond acceptors (Lipinski definition) is 2. The van der Waals surface area contributed by atoms with Gasteiger partial charge in [0.05, 0.1) is 0 Å². The predicted molar refractivity (Wildman–Crippen MR) is 62.4 cm³/mol. The fourth-order valence-electron chi connectivity index (χ4n) is 1.40. The summed E-state index contributed by atoms with van der Waals surface area (Å²) in [5.41, 5.74) is 5.62. The summed E-state index contributed by atoms with van der Waals surface area (Å²) in [6.45, 7) is 1.68. The molecule has 0 saturated heterocycles. The van der Waals surface area contributed by atoms with Crippen LogP contribution in [0, 0.1) is 9.39 Å². The van der Waals surface area contributed by atoms with Crippen molar-refractivity contribution in [3.8, 4) is 0 Å². The average molecular weight is 309 g/mol. The van der Waals surface area contributed by atoms with Crippen LogP contribution >= 0.6 is 22.6 Å². The summed E-state index contributed by atoms with van der Waals surface area (Å²) >= 11 is 2.05. The van der Waals surface area contributed by atoms with E-state index in [0.29, 0.717) is 12.0 Å². The molecule has 0 heterocycles. The lowest BCUT2D eigenvalue weighted by molar-refractivity contribution is 0.244. The summed E-state index contributed by atoms with van der Waals surface area (Å²) in [7, 11) is 0. The third kappa shape index (κ3) is 2.43. The Morgan fingerprint density at radius 1 is 1.57 bits per heavy atom. The Labute approximate surface area is 96.5 Å². The molecule has 1 atom stereocenters. The van der Waals surface area contributed by atoms with Crippen molar-refractivity contribution in [2.24, 2.45) is 5.73 Å². The van der Waals surface area contributed by atoms with Gasteiger partial charge in [-0.25, -0.2) is 4.39 Å². The van der Waals surface area contributed by atoms with E-state index in [-0.39, 0.29) is 12.4 Å². The Morgan fingerprint density at radius 2 is 2.21 bits per heavy atom. The molecule has 78 valence electrons. The van der Waals surface area contributed by atoms with Gasteiger partial charge in [0.1, 0.15) is 5.82 Å². The van der Waals surface area contributed by atoms with Gasteiger partial charge < -0.3 is 10.8 Å². The van der Waals surface area contributed by atoms with Gasteiger partial charge >= 0.3 is 0 Å². The highest BCUT2D eigenvalue weighted by Crippen LogP contribution is 2.28. The van der Waals surface area contributed by atoms with Gasteiger partial charge in [0, 0.05) is 21.3 Å². The van der Waals surface area contributed by atoms with Crippen molar-refractivity contribution in [3.05, 3.63) is 33.1 Å². The normalized spacial score (nSPS) is 15.2. The van der Waals surface area contributed by atoms with Crippen molar-refractivity contribution in [3.63, 3.8) is 0 Å². The third-order valence-corrected chi connectivity index (χ3v) is 3.06. The molecule has 1 aromatic rings. The Balaban J connectivity index is 3.17. The van der Waals surface area contributed by atoms with Gasteiger partial charge in [0.25, 0.3) is 0 Å². The highest BCUT2D eigenvalue weighted by molar-refractivity contribution is 14.1. The number of halogens is 2. The summed E-state index contributed by atoms with van der Waals surface area (Å²) in [5.74, 6) is -0.310. The summed E-state index contributed by atoms with van der Waals surface area (Å²) in [4.78, 5) is 0. The van der Waals surface area contributed by atoms with Crippen molar-refractivity contribution in [2.45, 2.75) is 18.9 Å². The quantitative estimate of drug-likeness (QED) is 0.839. The summed E-state index contributed by atoms with van der Waals surface area (Å²) in [6.07, 6.45) is 0.351. The van der Waals surface area contributed by atoms with Crippen molar-refractivity contribution in [1.82, 2.24) is 0 Å². The van der Waals surface area contributed by atoms with Crippen molar-refractivity contribution in [2.75, 3.05) is 6.61 Å². The first-order valence-corrected chi connectivity index (χ1v) is 5.41.